The van der Waals surface area contributed by atoms with Crippen molar-refractivity contribution >= 4 is 17.2 Å². The van der Waals surface area contributed by atoms with Crippen molar-refractivity contribution in [3.05, 3.63) is 40.2 Å². The van der Waals surface area contributed by atoms with E-state index in [4.69, 9.17) is 0 Å². The van der Waals surface area contributed by atoms with Crippen LogP contribution in [0.2, 0.25) is 0 Å². The minimum atomic E-state index is -0.0397. The number of nitrogens with zero attached hydrogens (tertiary/aromatic N) is 1. The zero-order chi connectivity index (χ0) is 15.1. The number of hydrogen-bond donors (Lipinski definition) is 2. The van der Waals surface area contributed by atoms with Gasteiger partial charge >= 0.3 is 0 Å². The maximum absolute atomic E-state index is 12.1. The minimum absolute atomic E-state index is 0.0397. The number of benzene rings is 1. The molecule has 1 heterocycles. The fraction of sp³-hybridized carbons (Fsp3) is 0.375. The number of carbonyl (C=O) groups is 1. The van der Waals surface area contributed by atoms with Gasteiger partial charge in [-0.25, -0.2) is 4.98 Å². The predicted octanol–water partition coefficient (Wildman–Crippen LogP) is 2.85. The van der Waals surface area contributed by atoms with Crippen LogP contribution in [0.3, 0.4) is 0 Å². The van der Waals surface area contributed by atoms with Crippen molar-refractivity contribution in [2.75, 3.05) is 19.6 Å². The maximum Gasteiger partial charge on any atom is 0.251 e. The quantitative estimate of drug-likeness (QED) is 0.773. The molecule has 0 aliphatic heterocycles. The van der Waals surface area contributed by atoms with Gasteiger partial charge in [0, 0.05) is 29.6 Å². The molecule has 5 heteroatoms. The normalized spacial score (nSPS) is 10.6. The van der Waals surface area contributed by atoms with E-state index in [1.165, 1.54) is 0 Å². The molecule has 21 heavy (non-hydrogen) atoms. The summed E-state index contributed by atoms with van der Waals surface area (Å²) < 4.78 is 0. The lowest BCUT2D eigenvalue weighted by Crippen LogP contribution is -2.32. The van der Waals surface area contributed by atoms with Crippen LogP contribution in [-0.4, -0.2) is 30.5 Å². The Morgan fingerprint density at radius 2 is 2.14 bits per heavy atom. The summed E-state index contributed by atoms with van der Waals surface area (Å²) in [5.41, 5.74) is 2.58. The highest BCUT2D eigenvalue weighted by Crippen LogP contribution is 2.22. The molecule has 0 spiro atoms. The van der Waals surface area contributed by atoms with Crippen molar-refractivity contribution in [3.8, 4) is 11.3 Å². The fourth-order valence-electron chi connectivity index (χ4n) is 1.98. The van der Waals surface area contributed by atoms with Crippen LogP contribution >= 0.6 is 11.3 Å². The van der Waals surface area contributed by atoms with Gasteiger partial charge in [0.2, 0.25) is 0 Å². The number of hydrogen-bond acceptors (Lipinski definition) is 4. The second-order valence-electron chi connectivity index (χ2n) is 4.84. The summed E-state index contributed by atoms with van der Waals surface area (Å²) in [4.78, 5) is 16.6. The Labute approximate surface area is 129 Å². The van der Waals surface area contributed by atoms with Crippen LogP contribution in [-0.2, 0) is 0 Å². The van der Waals surface area contributed by atoms with Gasteiger partial charge in [0.1, 0.15) is 0 Å². The Morgan fingerprint density at radius 3 is 2.86 bits per heavy atom. The lowest BCUT2D eigenvalue weighted by atomic mass is 10.1. The molecule has 0 saturated heterocycles. The van der Waals surface area contributed by atoms with E-state index in [2.05, 4.69) is 22.5 Å². The lowest BCUT2D eigenvalue weighted by Gasteiger charge is -2.07. The Balaban J connectivity index is 1.95. The van der Waals surface area contributed by atoms with Gasteiger partial charge in [0.05, 0.1) is 10.7 Å². The lowest BCUT2D eigenvalue weighted by molar-refractivity contribution is 0.0954. The van der Waals surface area contributed by atoms with Crippen LogP contribution in [0.1, 0.15) is 28.7 Å². The van der Waals surface area contributed by atoms with Gasteiger partial charge in [-0.2, -0.15) is 0 Å². The third kappa shape index (κ3) is 4.65. The first kappa shape index (κ1) is 15.7. The number of aryl methyl sites for hydroxylation is 1. The van der Waals surface area contributed by atoms with Crippen molar-refractivity contribution in [2.24, 2.45) is 0 Å². The van der Waals surface area contributed by atoms with Crippen LogP contribution < -0.4 is 10.6 Å². The van der Waals surface area contributed by atoms with Gasteiger partial charge in [-0.15, -0.1) is 11.3 Å². The molecule has 2 aromatic rings. The molecule has 0 bridgehead atoms. The zero-order valence-corrected chi connectivity index (χ0v) is 13.3. The smallest absolute Gasteiger partial charge is 0.251 e. The number of amides is 1. The monoisotopic (exact) mass is 303 g/mol. The molecule has 2 N–H and O–H groups in total. The van der Waals surface area contributed by atoms with Crippen molar-refractivity contribution in [1.29, 1.82) is 0 Å². The van der Waals surface area contributed by atoms with Gasteiger partial charge in [0.25, 0.3) is 5.91 Å². The van der Waals surface area contributed by atoms with E-state index in [-0.39, 0.29) is 5.91 Å². The summed E-state index contributed by atoms with van der Waals surface area (Å²) in [6.07, 6.45) is 1.10. The molecule has 2 rings (SSSR count). The first-order valence-corrected chi connectivity index (χ1v) is 8.10. The van der Waals surface area contributed by atoms with Gasteiger partial charge in [0.15, 0.2) is 0 Å². The van der Waals surface area contributed by atoms with E-state index in [9.17, 15) is 4.79 Å². The van der Waals surface area contributed by atoms with Gasteiger partial charge < -0.3 is 10.6 Å². The summed E-state index contributed by atoms with van der Waals surface area (Å²) >= 11 is 1.62. The highest BCUT2D eigenvalue weighted by atomic mass is 32.1. The minimum Gasteiger partial charge on any atom is -0.351 e. The molecule has 0 aliphatic carbocycles. The zero-order valence-electron chi connectivity index (χ0n) is 12.5. The van der Waals surface area contributed by atoms with Gasteiger partial charge in [-0.3, -0.25) is 4.79 Å². The molecule has 0 fully saturated rings. The number of rotatable bonds is 7. The van der Waals surface area contributed by atoms with E-state index < -0.39 is 0 Å². The molecule has 1 aromatic carbocycles. The summed E-state index contributed by atoms with van der Waals surface area (Å²) in [6.45, 7) is 6.52. The summed E-state index contributed by atoms with van der Waals surface area (Å²) in [5.74, 6) is -0.0397. The SMILES string of the molecule is CCCNCCNC(=O)c1cccc(-c2csc(C)n2)c1. The van der Waals surface area contributed by atoms with Crippen LogP contribution in [0.4, 0.5) is 0 Å². The van der Waals surface area contributed by atoms with E-state index in [1.807, 2.05) is 36.6 Å². The maximum atomic E-state index is 12.1. The van der Waals surface area contributed by atoms with E-state index in [1.54, 1.807) is 11.3 Å². The van der Waals surface area contributed by atoms with Crippen LogP contribution in [0.5, 0.6) is 0 Å². The third-order valence-electron chi connectivity index (χ3n) is 3.05. The van der Waals surface area contributed by atoms with E-state index >= 15 is 0 Å². The Kier molecular flexibility index (Phi) is 5.90. The van der Waals surface area contributed by atoms with E-state index in [0.717, 1.165) is 35.8 Å². The molecular weight excluding hydrogens is 282 g/mol. The van der Waals surface area contributed by atoms with E-state index in [0.29, 0.717) is 12.1 Å². The van der Waals surface area contributed by atoms with Crippen molar-refractivity contribution in [1.82, 2.24) is 15.6 Å². The average molecular weight is 303 g/mol. The van der Waals surface area contributed by atoms with Gasteiger partial charge in [-0.05, 0) is 32.0 Å². The Hall–Kier alpha value is -1.72. The molecule has 112 valence electrons. The van der Waals surface area contributed by atoms with Crippen LogP contribution in [0.25, 0.3) is 11.3 Å². The van der Waals surface area contributed by atoms with Crippen molar-refractivity contribution < 1.29 is 4.79 Å². The standard InChI is InChI=1S/C16H21N3OS/c1-3-7-17-8-9-18-16(20)14-6-4-5-13(10-14)15-11-21-12(2)19-15/h4-6,10-11,17H,3,7-9H2,1-2H3,(H,18,20). The number of nitrogens with one attached hydrogen (secondary N) is 2. The molecule has 0 unspecified atom stereocenters. The van der Waals surface area contributed by atoms with Crippen LogP contribution in [0.15, 0.2) is 29.6 Å². The molecular formula is C16H21N3OS. The number of aromatic nitrogens is 1. The Bertz CT molecular complexity index is 595. The van der Waals surface area contributed by atoms with Crippen LogP contribution in [0, 0.1) is 6.92 Å². The highest BCUT2D eigenvalue weighted by Gasteiger charge is 2.08. The highest BCUT2D eigenvalue weighted by molar-refractivity contribution is 7.09. The molecule has 1 amide bonds. The average Bonchev–Trinajstić information content (AvgIpc) is 2.93. The molecule has 0 atom stereocenters. The molecule has 4 nitrogen and oxygen atoms in total. The Morgan fingerprint density at radius 1 is 1.29 bits per heavy atom. The molecule has 0 radical (unpaired) electrons. The summed E-state index contributed by atoms with van der Waals surface area (Å²) in [6, 6.07) is 7.60. The molecule has 1 aromatic heterocycles. The predicted molar refractivity (Wildman–Crippen MR) is 87.8 cm³/mol. The third-order valence-corrected chi connectivity index (χ3v) is 3.83. The molecule has 0 saturated carbocycles. The first-order chi connectivity index (χ1) is 10.2. The second kappa shape index (κ2) is 7.90. The summed E-state index contributed by atoms with van der Waals surface area (Å²) in [5, 5.41) is 9.23. The van der Waals surface area contributed by atoms with Crippen molar-refractivity contribution in [2.45, 2.75) is 20.3 Å². The number of carbonyl (C=O) groups excluding carboxylic acids is 1. The number of thiazole rings is 1. The summed E-state index contributed by atoms with van der Waals surface area (Å²) in [7, 11) is 0. The van der Waals surface area contributed by atoms with Crippen molar-refractivity contribution in [3.63, 3.8) is 0 Å². The second-order valence-corrected chi connectivity index (χ2v) is 5.90. The fourth-order valence-corrected chi connectivity index (χ4v) is 2.61. The first-order valence-electron chi connectivity index (χ1n) is 7.22. The molecule has 0 aliphatic rings. The largest absolute Gasteiger partial charge is 0.351 e. The van der Waals surface area contributed by atoms with Gasteiger partial charge in [-0.1, -0.05) is 19.1 Å². The topological polar surface area (TPSA) is 54.0 Å².